The number of nitrogens with zero attached hydrogens (tertiary/aromatic N) is 1. The number of carbonyl (C=O) groups excluding carboxylic acids is 1. The summed E-state index contributed by atoms with van der Waals surface area (Å²) in [6.07, 6.45) is 0. The molecule has 86 valence electrons. The highest BCUT2D eigenvalue weighted by atomic mass is 32.1. The molecule has 16 heavy (non-hydrogen) atoms. The van der Waals surface area contributed by atoms with Crippen LogP contribution in [0, 0.1) is 5.92 Å². The fraction of sp³-hybridized carbons (Fsp3) is 0.462. The molecule has 1 aliphatic heterocycles. The third-order valence-electron chi connectivity index (χ3n) is 3.67. The van der Waals surface area contributed by atoms with E-state index in [1.807, 2.05) is 31.3 Å². The smallest absolute Gasteiger partial charge is 0.238 e. The van der Waals surface area contributed by atoms with E-state index in [4.69, 9.17) is 0 Å². The number of likely N-dealkylation sites (N-methyl/N-ethyl adjacent to an activating group) is 1. The lowest BCUT2D eigenvalue weighted by Crippen LogP contribution is -2.44. The highest BCUT2D eigenvalue weighted by Crippen LogP contribution is 2.46. The van der Waals surface area contributed by atoms with E-state index in [1.54, 1.807) is 4.90 Å². The third-order valence-corrected chi connectivity index (χ3v) is 4.17. The molecule has 2 rings (SSSR count). The average Bonchev–Trinajstić information content (AvgIpc) is 2.50. The van der Waals surface area contributed by atoms with E-state index in [2.05, 4.69) is 26.5 Å². The Morgan fingerprint density at radius 3 is 2.56 bits per heavy atom. The number of thiol groups is 1. The second-order valence-electron chi connectivity index (χ2n) is 4.67. The molecule has 1 amide bonds. The van der Waals surface area contributed by atoms with Crippen molar-refractivity contribution in [3.8, 4) is 0 Å². The van der Waals surface area contributed by atoms with Crippen LogP contribution in [0.1, 0.15) is 19.4 Å². The number of para-hydroxylation sites is 1. The van der Waals surface area contributed by atoms with Gasteiger partial charge in [-0.1, -0.05) is 32.0 Å². The molecule has 1 heterocycles. The minimum atomic E-state index is -0.450. The number of fused-ring (bicyclic) bond motifs is 1. The second kappa shape index (κ2) is 3.81. The number of hydrogen-bond acceptors (Lipinski definition) is 2. The van der Waals surface area contributed by atoms with E-state index in [0.29, 0.717) is 5.75 Å². The first-order valence-corrected chi connectivity index (χ1v) is 6.17. The molecule has 0 radical (unpaired) electrons. The monoisotopic (exact) mass is 235 g/mol. The molecule has 1 aliphatic rings. The van der Waals surface area contributed by atoms with E-state index in [-0.39, 0.29) is 11.8 Å². The van der Waals surface area contributed by atoms with E-state index < -0.39 is 5.41 Å². The Bertz CT molecular complexity index is 430. The zero-order valence-electron chi connectivity index (χ0n) is 9.90. The van der Waals surface area contributed by atoms with Crippen LogP contribution in [-0.2, 0) is 10.2 Å². The van der Waals surface area contributed by atoms with Gasteiger partial charge < -0.3 is 4.90 Å². The lowest BCUT2D eigenvalue weighted by atomic mass is 9.74. The third kappa shape index (κ3) is 1.24. The fourth-order valence-electron chi connectivity index (χ4n) is 2.56. The van der Waals surface area contributed by atoms with Crippen molar-refractivity contribution in [1.82, 2.24) is 0 Å². The van der Waals surface area contributed by atoms with Gasteiger partial charge in [0.25, 0.3) is 0 Å². The largest absolute Gasteiger partial charge is 0.314 e. The summed E-state index contributed by atoms with van der Waals surface area (Å²) in [5.74, 6) is 0.979. The molecule has 3 heteroatoms. The number of benzene rings is 1. The van der Waals surface area contributed by atoms with Crippen molar-refractivity contribution in [3.63, 3.8) is 0 Å². The van der Waals surface area contributed by atoms with Gasteiger partial charge in [-0.05, 0) is 17.5 Å². The predicted octanol–water partition coefficient (Wildman–Crippen LogP) is 2.49. The molecule has 1 aromatic carbocycles. The maximum atomic E-state index is 12.4. The maximum absolute atomic E-state index is 12.4. The summed E-state index contributed by atoms with van der Waals surface area (Å²) in [6.45, 7) is 4.17. The first-order chi connectivity index (χ1) is 7.55. The van der Waals surface area contributed by atoms with Crippen LogP contribution in [-0.4, -0.2) is 18.7 Å². The molecule has 0 fully saturated rings. The van der Waals surface area contributed by atoms with Gasteiger partial charge in [-0.25, -0.2) is 0 Å². The van der Waals surface area contributed by atoms with Crippen LogP contribution in [0.4, 0.5) is 5.69 Å². The van der Waals surface area contributed by atoms with Crippen LogP contribution in [0.25, 0.3) is 0 Å². The molecular formula is C13H17NOS. The quantitative estimate of drug-likeness (QED) is 0.781. The van der Waals surface area contributed by atoms with E-state index in [1.165, 1.54) is 0 Å². The van der Waals surface area contributed by atoms with Crippen LogP contribution in [0.3, 0.4) is 0 Å². The predicted molar refractivity (Wildman–Crippen MR) is 70.2 cm³/mol. The summed E-state index contributed by atoms with van der Waals surface area (Å²) in [5, 5.41) is 0. The normalized spacial score (nSPS) is 24.1. The molecule has 0 saturated heterocycles. The Hall–Kier alpha value is -0.960. The van der Waals surface area contributed by atoms with Gasteiger partial charge >= 0.3 is 0 Å². The Morgan fingerprint density at radius 1 is 1.38 bits per heavy atom. The van der Waals surface area contributed by atoms with Gasteiger partial charge in [0.05, 0.1) is 5.41 Å². The van der Waals surface area contributed by atoms with Crippen molar-refractivity contribution < 1.29 is 4.79 Å². The van der Waals surface area contributed by atoms with Crippen LogP contribution in [0.15, 0.2) is 24.3 Å². The van der Waals surface area contributed by atoms with Gasteiger partial charge in [0.2, 0.25) is 5.91 Å². The Balaban J connectivity index is 2.68. The number of carbonyl (C=O) groups is 1. The molecule has 0 N–H and O–H groups in total. The number of amides is 1. The van der Waals surface area contributed by atoms with Crippen molar-refractivity contribution in [2.45, 2.75) is 19.3 Å². The summed E-state index contributed by atoms with van der Waals surface area (Å²) in [7, 11) is 1.84. The molecule has 0 aromatic heterocycles. The Morgan fingerprint density at radius 2 is 2.00 bits per heavy atom. The highest BCUT2D eigenvalue weighted by Gasteiger charge is 2.50. The minimum Gasteiger partial charge on any atom is -0.314 e. The first kappa shape index (κ1) is 11.5. The van der Waals surface area contributed by atoms with Crippen molar-refractivity contribution in [3.05, 3.63) is 29.8 Å². The Labute approximate surface area is 102 Å². The molecule has 1 unspecified atom stereocenters. The molecule has 0 bridgehead atoms. The standard InChI is InChI=1S/C13H17NOS/c1-9(2)13(8-16)10-6-4-5-7-11(10)14(3)12(13)15/h4-7,9,16H,8H2,1-3H3. The molecule has 0 spiro atoms. The summed E-state index contributed by atoms with van der Waals surface area (Å²) in [4.78, 5) is 14.2. The number of anilines is 1. The van der Waals surface area contributed by atoms with E-state index in [0.717, 1.165) is 11.3 Å². The van der Waals surface area contributed by atoms with Gasteiger partial charge in [0.15, 0.2) is 0 Å². The molecule has 2 nitrogen and oxygen atoms in total. The number of hydrogen-bond donors (Lipinski definition) is 1. The van der Waals surface area contributed by atoms with Crippen LogP contribution >= 0.6 is 12.6 Å². The average molecular weight is 235 g/mol. The summed E-state index contributed by atoms with van der Waals surface area (Å²) in [5.41, 5.74) is 1.69. The molecule has 0 saturated carbocycles. The zero-order chi connectivity index (χ0) is 11.9. The van der Waals surface area contributed by atoms with Crippen molar-refractivity contribution in [1.29, 1.82) is 0 Å². The zero-order valence-corrected chi connectivity index (χ0v) is 10.8. The van der Waals surface area contributed by atoms with Gasteiger partial charge in [0, 0.05) is 18.5 Å². The lowest BCUT2D eigenvalue weighted by Gasteiger charge is -2.30. The van der Waals surface area contributed by atoms with Crippen LogP contribution < -0.4 is 4.90 Å². The van der Waals surface area contributed by atoms with Gasteiger partial charge in [-0.2, -0.15) is 12.6 Å². The second-order valence-corrected chi connectivity index (χ2v) is 4.98. The Kier molecular flexibility index (Phi) is 2.74. The SMILES string of the molecule is CC(C)C1(CS)C(=O)N(C)c2ccccc21. The van der Waals surface area contributed by atoms with E-state index in [9.17, 15) is 4.79 Å². The number of rotatable bonds is 2. The lowest BCUT2D eigenvalue weighted by molar-refractivity contribution is -0.123. The molecule has 0 aliphatic carbocycles. The summed E-state index contributed by atoms with van der Waals surface area (Å²) < 4.78 is 0. The fourth-order valence-corrected chi connectivity index (χ4v) is 3.23. The van der Waals surface area contributed by atoms with Crippen molar-refractivity contribution in [2.75, 3.05) is 17.7 Å². The molecular weight excluding hydrogens is 218 g/mol. The van der Waals surface area contributed by atoms with Crippen molar-refractivity contribution in [2.24, 2.45) is 5.92 Å². The topological polar surface area (TPSA) is 20.3 Å². The van der Waals surface area contributed by atoms with Gasteiger partial charge in [-0.15, -0.1) is 0 Å². The molecule has 1 atom stereocenters. The summed E-state index contributed by atoms with van der Waals surface area (Å²) in [6, 6.07) is 8.01. The van der Waals surface area contributed by atoms with Gasteiger partial charge in [-0.3, -0.25) is 4.79 Å². The van der Waals surface area contributed by atoms with Crippen LogP contribution in [0.5, 0.6) is 0 Å². The summed E-state index contributed by atoms with van der Waals surface area (Å²) >= 11 is 4.42. The van der Waals surface area contributed by atoms with Gasteiger partial charge in [0.1, 0.15) is 0 Å². The maximum Gasteiger partial charge on any atom is 0.238 e. The minimum absolute atomic E-state index is 0.165. The van der Waals surface area contributed by atoms with Crippen molar-refractivity contribution >= 4 is 24.2 Å². The first-order valence-electron chi connectivity index (χ1n) is 5.54. The van der Waals surface area contributed by atoms with E-state index >= 15 is 0 Å². The highest BCUT2D eigenvalue weighted by molar-refractivity contribution is 7.80. The molecule has 1 aromatic rings. The van der Waals surface area contributed by atoms with Crippen LogP contribution in [0.2, 0.25) is 0 Å².